The lowest BCUT2D eigenvalue weighted by Crippen LogP contribution is -2.29. The molecule has 0 radical (unpaired) electrons. The molecule has 1 N–H and O–H groups in total. The van der Waals surface area contributed by atoms with Crippen molar-refractivity contribution in [1.29, 1.82) is 0 Å². The van der Waals surface area contributed by atoms with E-state index in [4.69, 9.17) is 21.7 Å². The van der Waals surface area contributed by atoms with Crippen LogP contribution in [0.1, 0.15) is 31.2 Å². The number of ether oxygens (including phenoxy) is 2. The van der Waals surface area contributed by atoms with E-state index >= 15 is 0 Å². The van der Waals surface area contributed by atoms with E-state index in [2.05, 4.69) is 21.2 Å². The quantitative estimate of drug-likeness (QED) is 0.227. The summed E-state index contributed by atoms with van der Waals surface area (Å²) in [6.07, 6.45) is 4.61. The molecule has 0 atom stereocenters. The van der Waals surface area contributed by atoms with E-state index < -0.39 is 0 Å². The van der Waals surface area contributed by atoms with Crippen LogP contribution in [0.4, 0.5) is 5.69 Å². The van der Waals surface area contributed by atoms with Crippen molar-refractivity contribution < 1.29 is 19.1 Å². The van der Waals surface area contributed by atoms with Gasteiger partial charge >= 0.3 is 0 Å². The Kier molecular flexibility index (Phi) is 9.34. The first-order chi connectivity index (χ1) is 15.9. The minimum atomic E-state index is -0.0900. The van der Waals surface area contributed by atoms with Crippen LogP contribution in [0, 0.1) is 0 Å². The van der Waals surface area contributed by atoms with Gasteiger partial charge in [0, 0.05) is 23.1 Å². The Hall–Kier alpha value is -2.36. The average Bonchev–Trinajstić information content (AvgIpc) is 3.07. The highest BCUT2D eigenvalue weighted by Gasteiger charge is 2.31. The number of rotatable bonds is 10. The number of benzene rings is 2. The third-order valence-electron chi connectivity index (χ3n) is 4.99. The number of anilines is 1. The van der Waals surface area contributed by atoms with Gasteiger partial charge in [-0.3, -0.25) is 14.5 Å². The van der Waals surface area contributed by atoms with E-state index in [0.717, 1.165) is 35.0 Å². The highest BCUT2D eigenvalue weighted by atomic mass is 79.9. The molecule has 2 aromatic carbocycles. The van der Waals surface area contributed by atoms with Crippen molar-refractivity contribution in [2.45, 2.75) is 25.7 Å². The monoisotopic (exact) mass is 548 g/mol. The highest BCUT2D eigenvalue weighted by Crippen LogP contribution is 2.34. The van der Waals surface area contributed by atoms with Crippen LogP contribution in [-0.4, -0.2) is 41.8 Å². The third kappa shape index (κ3) is 7.06. The highest BCUT2D eigenvalue weighted by molar-refractivity contribution is 9.10. The molecule has 2 aromatic rings. The lowest BCUT2D eigenvalue weighted by Gasteiger charge is -2.14. The summed E-state index contributed by atoms with van der Waals surface area (Å²) < 4.78 is 12.1. The SMILES string of the molecule is COc1ccc(/C=C2\SC(=S)N(CCCCCC(=O)Nc3ccc(Br)cc3)C2=O)cc1OC. The maximum absolute atomic E-state index is 12.8. The van der Waals surface area contributed by atoms with Crippen LogP contribution in [0.5, 0.6) is 11.5 Å². The summed E-state index contributed by atoms with van der Waals surface area (Å²) in [4.78, 5) is 27.1. The summed E-state index contributed by atoms with van der Waals surface area (Å²) in [7, 11) is 3.16. The predicted octanol–water partition coefficient (Wildman–Crippen LogP) is 5.87. The van der Waals surface area contributed by atoms with Crippen LogP contribution in [0.15, 0.2) is 51.8 Å². The Bertz CT molecular complexity index is 1060. The van der Waals surface area contributed by atoms with Crippen LogP contribution in [0.3, 0.4) is 0 Å². The molecule has 0 bridgehead atoms. The minimum Gasteiger partial charge on any atom is -0.493 e. The Morgan fingerprint density at radius 2 is 1.82 bits per heavy atom. The van der Waals surface area contributed by atoms with Crippen LogP contribution in [0.25, 0.3) is 6.08 Å². The third-order valence-corrected chi connectivity index (χ3v) is 6.90. The van der Waals surface area contributed by atoms with Crippen molar-refractivity contribution in [3.8, 4) is 11.5 Å². The van der Waals surface area contributed by atoms with E-state index in [9.17, 15) is 9.59 Å². The van der Waals surface area contributed by atoms with Gasteiger partial charge in [-0.1, -0.05) is 52.4 Å². The van der Waals surface area contributed by atoms with Gasteiger partial charge < -0.3 is 14.8 Å². The zero-order valence-corrected chi connectivity index (χ0v) is 21.6. The van der Waals surface area contributed by atoms with Crippen molar-refractivity contribution in [3.05, 3.63) is 57.4 Å². The van der Waals surface area contributed by atoms with Crippen molar-refractivity contribution >= 4 is 67.8 Å². The van der Waals surface area contributed by atoms with Crippen molar-refractivity contribution in [3.63, 3.8) is 0 Å². The van der Waals surface area contributed by atoms with Crippen LogP contribution in [-0.2, 0) is 9.59 Å². The van der Waals surface area contributed by atoms with Crippen molar-refractivity contribution in [2.24, 2.45) is 0 Å². The number of unbranched alkanes of at least 4 members (excludes halogenated alkanes) is 2. The van der Waals surface area contributed by atoms with Gasteiger partial charge in [-0.2, -0.15) is 0 Å². The zero-order chi connectivity index (χ0) is 23.8. The average molecular weight is 550 g/mol. The molecule has 6 nitrogen and oxygen atoms in total. The van der Waals surface area contributed by atoms with Gasteiger partial charge in [0.2, 0.25) is 5.91 Å². The van der Waals surface area contributed by atoms with Crippen molar-refractivity contribution in [1.82, 2.24) is 4.90 Å². The number of thioether (sulfide) groups is 1. The molecule has 0 aliphatic carbocycles. The zero-order valence-electron chi connectivity index (χ0n) is 18.4. The molecule has 3 rings (SSSR count). The van der Waals surface area contributed by atoms with Gasteiger partial charge in [0.25, 0.3) is 5.91 Å². The normalized spacial score (nSPS) is 14.6. The van der Waals surface area contributed by atoms with Gasteiger partial charge in [-0.05, 0) is 60.9 Å². The van der Waals surface area contributed by atoms with E-state index in [1.807, 2.05) is 42.5 Å². The molecule has 0 spiro atoms. The summed E-state index contributed by atoms with van der Waals surface area (Å²) in [6.45, 7) is 0.544. The molecule has 0 saturated carbocycles. The van der Waals surface area contributed by atoms with Crippen molar-refractivity contribution in [2.75, 3.05) is 26.1 Å². The van der Waals surface area contributed by atoms with E-state index in [1.54, 1.807) is 25.2 Å². The number of halogens is 1. The van der Waals surface area contributed by atoms with Gasteiger partial charge in [-0.15, -0.1) is 0 Å². The van der Waals surface area contributed by atoms with Gasteiger partial charge in [-0.25, -0.2) is 0 Å². The maximum Gasteiger partial charge on any atom is 0.266 e. The number of carbonyl (C=O) groups is 2. The number of nitrogens with zero attached hydrogens (tertiary/aromatic N) is 1. The number of hydrogen-bond donors (Lipinski definition) is 1. The molecular formula is C24H25BrN2O4S2. The first-order valence-corrected chi connectivity index (χ1v) is 12.5. The molecule has 2 amide bonds. The van der Waals surface area contributed by atoms with Gasteiger partial charge in [0.05, 0.1) is 19.1 Å². The predicted molar refractivity (Wildman–Crippen MR) is 141 cm³/mol. The standard InChI is InChI=1S/C24H25BrN2O4S2/c1-30-19-12-7-16(14-20(19)31-2)15-21-23(29)27(24(32)33-21)13-5-3-4-6-22(28)26-18-10-8-17(25)9-11-18/h7-12,14-15H,3-6,13H2,1-2H3,(H,26,28)/b21-15-. The van der Waals surface area contributed by atoms with Gasteiger partial charge in [0.15, 0.2) is 11.5 Å². The summed E-state index contributed by atoms with van der Waals surface area (Å²) in [5.74, 6) is 1.13. The molecule has 0 unspecified atom stereocenters. The fourth-order valence-electron chi connectivity index (χ4n) is 3.28. The second-order valence-electron chi connectivity index (χ2n) is 7.31. The first-order valence-electron chi connectivity index (χ1n) is 10.4. The second-order valence-corrected chi connectivity index (χ2v) is 9.90. The fourth-order valence-corrected chi connectivity index (χ4v) is 4.85. The molecule has 1 fully saturated rings. The summed E-state index contributed by atoms with van der Waals surface area (Å²) >= 11 is 10.1. The first kappa shape index (κ1) is 25.3. The fraction of sp³-hybridized carbons (Fsp3) is 0.292. The number of amides is 2. The molecule has 1 aliphatic heterocycles. The minimum absolute atomic E-state index is 0.0132. The van der Waals surface area contributed by atoms with Crippen LogP contribution < -0.4 is 14.8 Å². The Balaban J connectivity index is 1.46. The van der Waals surface area contributed by atoms with E-state index in [1.165, 1.54) is 11.8 Å². The van der Waals surface area contributed by atoms with Gasteiger partial charge in [0.1, 0.15) is 4.32 Å². The molecule has 174 valence electrons. The molecule has 1 saturated heterocycles. The van der Waals surface area contributed by atoms with E-state index in [0.29, 0.717) is 33.7 Å². The number of nitrogens with one attached hydrogen (secondary N) is 1. The summed E-state index contributed by atoms with van der Waals surface area (Å²) in [5, 5.41) is 2.89. The molecule has 1 aliphatic rings. The number of methoxy groups -OCH3 is 2. The molecule has 1 heterocycles. The number of thiocarbonyl (C=S) groups is 1. The molecule has 33 heavy (non-hydrogen) atoms. The maximum atomic E-state index is 12.8. The topological polar surface area (TPSA) is 67.9 Å². The van der Waals surface area contributed by atoms with E-state index in [-0.39, 0.29) is 11.8 Å². The second kappa shape index (κ2) is 12.2. The molecule has 0 aromatic heterocycles. The number of carbonyl (C=O) groups excluding carboxylic acids is 2. The lowest BCUT2D eigenvalue weighted by molar-refractivity contribution is -0.122. The molecule has 9 heteroatoms. The Morgan fingerprint density at radius 3 is 2.52 bits per heavy atom. The number of hydrogen-bond acceptors (Lipinski definition) is 6. The smallest absolute Gasteiger partial charge is 0.266 e. The Labute approximate surface area is 211 Å². The summed E-state index contributed by atoms with van der Waals surface area (Å²) in [6, 6.07) is 13.0. The molecular weight excluding hydrogens is 524 g/mol. The van der Waals surface area contributed by atoms with Crippen LogP contribution in [0.2, 0.25) is 0 Å². The Morgan fingerprint density at radius 1 is 1.09 bits per heavy atom. The lowest BCUT2D eigenvalue weighted by atomic mass is 10.1. The summed E-state index contributed by atoms with van der Waals surface area (Å²) in [5.41, 5.74) is 1.62. The largest absolute Gasteiger partial charge is 0.493 e. The van der Waals surface area contributed by atoms with Crippen LogP contribution >= 0.6 is 39.9 Å².